The summed E-state index contributed by atoms with van der Waals surface area (Å²) in [5.41, 5.74) is 0.768. The molecule has 0 aliphatic carbocycles. The number of nitro groups is 1. The highest BCUT2D eigenvalue weighted by Crippen LogP contribution is 2.14. The normalized spacial score (nSPS) is 10.2. The van der Waals surface area contributed by atoms with Crippen LogP contribution in [-0.4, -0.2) is 17.1 Å². The zero-order valence-corrected chi connectivity index (χ0v) is 8.86. The Hall–Kier alpha value is -1.75. The molecule has 0 radical (unpaired) electrons. The van der Waals surface area contributed by atoms with Crippen molar-refractivity contribution < 1.29 is 9.66 Å². The van der Waals surface area contributed by atoms with Crippen LogP contribution in [-0.2, 0) is 4.74 Å². The SMILES string of the molecule is COC(=S)/C=C/c1cccc([N+](=O)[O-])c1. The molecular formula is C10H9NO3S. The number of hydrogen-bond acceptors (Lipinski definition) is 4. The summed E-state index contributed by atoms with van der Waals surface area (Å²) in [5, 5.41) is 10.8. The van der Waals surface area contributed by atoms with Gasteiger partial charge in [-0.3, -0.25) is 10.1 Å². The van der Waals surface area contributed by atoms with Gasteiger partial charge < -0.3 is 4.74 Å². The Morgan fingerprint density at radius 1 is 1.60 bits per heavy atom. The van der Waals surface area contributed by atoms with Gasteiger partial charge in [0.2, 0.25) is 0 Å². The lowest BCUT2D eigenvalue weighted by Gasteiger charge is -1.95. The molecule has 0 amide bonds. The molecule has 4 nitrogen and oxygen atoms in total. The van der Waals surface area contributed by atoms with Crippen molar-refractivity contribution in [2.24, 2.45) is 0 Å². The van der Waals surface area contributed by atoms with E-state index in [9.17, 15) is 10.1 Å². The highest BCUT2D eigenvalue weighted by molar-refractivity contribution is 7.80. The van der Waals surface area contributed by atoms with E-state index in [1.165, 1.54) is 19.2 Å². The number of nitrogens with zero attached hydrogens (tertiary/aromatic N) is 1. The van der Waals surface area contributed by atoms with Crippen LogP contribution in [0.4, 0.5) is 5.69 Å². The van der Waals surface area contributed by atoms with Gasteiger partial charge in [0, 0.05) is 12.1 Å². The smallest absolute Gasteiger partial charge is 0.270 e. The number of nitro benzene ring substituents is 1. The highest BCUT2D eigenvalue weighted by atomic mass is 32.1. The lowest BCUT2D eigenvalue weighted by molar-refractivity contribution is -0.384. The molecule has 0 N–H and O–H groups in total. The highest BCUT2D eigenvalue weighted by Gasteiger charge is 2.03. The molecule has 0 bridgehead atoms. The molecule has 1 aromatic rings. The van der Waals surface area contributed by atoms with E-state index < -0.39 is 4.92 Å². The topological polar surface area (TPSA) is 52.4 Å². The Kier molecular flexibility index (Phi) is 3.93. The Balaban J connectivity index is 2.87. The second-order valence-corrected chi connectivity index (χ2v) is 3.11. The Morgan fingerprint density at radius 2 is 2.33 bits per heavy atom. The molecule has 78 valence electrons. The minimum Gasteiger partial charge on any atom is -0.487 e. The summed E-state index contributed by atoms with van der Waals surface area (Å²) in [7, 11) is 1.47. The maximum Gasteiger partial charge on any atom is 0.270 e. The molecule has 0 saturated carbocycles. The van der Waals surface area contributed by atoms with Crippen molar-refractivity contribution >= 4 is 29.0 Å². The van der Waals surface area contributed by atoms with Crippen LogP contribution in [0.3, 0.4) is 0 Å². The fourth-order valence-electron chi connectivity index (χ4n) is 0.974. The summed E-state index contributed by atoms with van der Waals surface area (Å²) in [6.07, 6.45) is 3.24. The number of hydrogen-bond donors (Lipinski definition) is 0. The van der Waals surface area contributed by atoms with Crippen LogP contribution in [0.15, 0.2) is 30.3 Å². The van der Waals surface area contributed by atoms with Gasteiger partial charge in [0.1, 0.15) is 0 Å². The van der Waals surface area contributed by atoms with Gasteiger partial charge in [-0.1, -0.05) is 18.2 Å². The monoisotopic (exact) mass is 223 g/mol. The van der Waals surface area contributed by atoms with Crippen molar-refractivity contribution in [3.05, 3.63) is 46.0 Å². The van der Waals surface area contributed by atoms with Gasteiger partial charge in [0.15, 0.2) is 5.05 Å². The largest absolute Gasteiger partial charge is 0.487 e. The van der Waals surface area contributed by atoms with E-state index in [-0.39, 0.29) is 5.69 Å². The number of thiocarbonyl (C=S) groups is 1. The van der Waals surface area contributed by atoms with Crippen molar-refractivity contribution in [2.75, 3.05) is 7.11 Å². The summed E-state index contributed by atoms with van der Waals surface area (Å²) < 4.78 is 4.76. The third-order valence-corrected chi connectivity index (χ3v) is 2.00. The summed E-state index contributed by atoms with van der Waals surface area (Å²) in [6, 6.07) is 6.27. The third-order valence-electron chi connectivity index (χ3n) is 1.69. The van der Waals surface area contributed by atoms with E-state index in [1.807, 2.05) is 0 Å². The van der Waals surface area contributed by atoms with Crippen molar-refractivity contribution in [1.82, 2.24) is 0 Å². The van der Waals surface area contributed by atoms with Crippen LogP contribution in [0.25, 0.3) is 6.08 Å². The van der Waals surface area contributed by atoms with Gasteiger partial charge >= 0.3 is 0 Å². The molecule has 0 spiro atoms. The average Bonchev–Trinajstić information content (AvgIpc) is 2.26. The number of benzene rings is 1. The zero-order chi connectivity index (χ0) is 11.3. The van der Waals surface area contributed by atoms with Crippen molar-refractivity contribution in [3.8, 4) is 0 Å². The molecule has 0 saturated heterocycles. The van der Waals surface area contributed by atoms with Crippen LogP contribution in [0, 0.1) is 10.1 Å². The fraction of sp³-hybridized carbons (Fsp3) is 0.100. The summed E-state index contributed by atoms with van der Waals surface area (Å²) in [4.78, 5) is 10.0. The maximum absolute atomic E-state index is 10.5. The van der Waals surface area contributed by atoms with Crippen LogP contribution in [0.5, 0.6) is 0 Å². The van der Waals surface area contributed by atoms with E-state index in [4.69, 9.17) is 17.0 Å². The third kappa shape index (κ3) is 3.47. The fourth-order valence-corrected chi connectivity index (χ4v) is 1.04. The second-order valence-electron chi connectivity index (χ2n) is 2.71. The molecule has 0 atom stereocenters. The number of non-ortho nitro benzene ring substituents is 1. The molecule has 0 aliphatic heterocycles. The van der Waals surface area contributed by atoms with Gasteiger partial charge in [-0.05, 0) is 23.9 Å². The number of ether oxygens (including phenoxy) is 1. The van der Waals surface area contributed by atoms with Crippen LogP contribution < -0.4 is 0 Å². The Bertz CT molecular complexity index is 415. The molecule has 0 heterocycles. The first-order valence-corrected chi connectivity index (χ1v) is 4.55. The summed E-state index contributed by atoms with van der Waals surface area (Å²) in [6.45, 7) is 0. The van der Waals surface area contributed by atoms with Gasteiger partial charge in [0.25, 0.3) is 5.69 Å². The molecule has 15 heavy (non-hydrogen) atoms. The van der Waals surface area contributed by atoms with E-state index in [2.05, 4.69) is 0 Å². The average molecular weight is 223 g/mol. The molecule has 0 fully saturated rings. The van der Waals surface area contributed by atoms with Crippen LogP contribution >= 0.6 is 12.2 Å². The summed E-state index contributed by atoms with van der Waals surface area (Å²) in [5.74, 6) is 0. The van der Waals surface area contributed by atoms with Crippen LogP contribution in [0.2, 0.25) is 0 Å². The van der Waals surface area contributed by atoms with Gasteiger partial charge in [-0.2, -0.15) is 0 Å². The predicted octanol–water partition coefficient (Wildman–Crippen LogP) is 2.58. The molecule has 0 unspecified atom stereocenters. The van der Waals surface area contributed by atoms with Crippen LogP contribution in [0.1, 0.15) is 5.56 Å². The first-order chi connectivity index (χ1) is 7.13. The Labute approximate surface area is 92.3 Å². The minimum atomic E-state index is -0.439. The van der Waals surface area contributed by atoms with Crippen molar-refractivity contribution in [2.45, 2.75) is 0 Å². The van der Waals surface area contributed by atoms with Crippen molar-refractivity contribution in [1.29, 1.82) is 0 Å². The van der Waals surface area contributed by atoms with Gasteiger partial charge in [-0.25, -0.2) is 0 Å². The number of methoxy groups -OCH3 is 1. The van der Waals surface area contributed by atoms with E-state index >= 15 is 0 Å². The standard InChI is InChI=1S/C10H9NO3S/c1-14-10(15)6-5-8-3-2-4-9(7-8)11(12)13/h2-7H,1H3/b6-5+. The van der Waals surface area contributed by atoms with Gasteiger partial charge in [0.05, 0.1) is 12.0 Å². The lowest BCUT2D eigenvalue weighted by atomic mass is 10.2. The molecule has 5 heteroatoms. The number of rotatable bonds is 3. The maximum atomic E-state index is 10.5. The van der Waals surface area contributed by atoms with E-state index in [1.54, 1.807) is 24.3 Å². The molecular weight excluding hydrogens is 214 g/mol. The first kappa shape index (κ1) is 11.3. The molecule has 1 rings (SSSR count). The predicted molar refractivity (Wildman–Crippen MR) is 61.7 cm³/mol. The van der Waals surface area contributed by atoms with Gasteiger partial charge in [-0.15, -0.1) is 0 Å². The van der Waals surface area contributed by atoms with E-state index in [0.29, 0.717) is 10.6 Å². The lowest BCUT2D eigenvalue weighted by Crippen LogP contribution is -1.90. The summed E-state index contributed by atoms with van der Waals surface area (Å²) >= 11 is 4.80. The van der Waals surface area contributed by atoms with E-state index in [0.717, 1.165) is 0 Å². The molecule has 0 aromatic heterocycles. The quantitative estimate of drug-likeness (QED) is 0.342. The van der Waals surface area contributed by atoms with Crippen molar-refractivity contribution in [3.63, 3.8) is 0 Å². The minimum absolute atomic E-state index is 0.0560. The first-order valence-electron chi connectivity index (χ1n) is 4.14. The Morgan fingerprint density at radius 3 is 2.93 bits per heavy atom. The second kappa shape index (κ2) is 5.21. The molecule has 0 aliphatic rings. The zero-order valence-electron chi connectivity index (χ0n) is 8.04. The molecule has 1 aromatic carbocycles.